The van der Waals surface area contributed by atoms with Gasteiger partial charge in [-0.05, 0) is 53.1 Å². The highest BCUT2D eigenvalue weighted by Gasteiger charge is 2.08. The Bertz CT molecular complexity index is 1170. The van der Waals surface area contributed by atoms with Gasteiger partial charge in [0.2, 0.25) is 0 Å². The van der Waals surface area contributed by atoms with E-state index in [1.807, 2.05) is 24.3 Å². The summed E-state index contributed by atoms with van der Waals surface area (Å²) in [6, 6.07) is 18.9. The zero-order valence-corrected chi connectivity index (χ0v) is 17.2. The van der Waals surface area contributed by atoms with Gasteiger partial charge in [-0.15, -0.1) is 0 Å². The Labute approximate surface area is 184 Å². The highest BCUT2D eigenvalue weighted by molar-refractivity contribution is 5.81. The van der Waals surface area contributed by atoms with Crippen molar-refractivity contribution in [2.45, 2.75) is 6.42 Å². The second-order valence-electron chi connectivity index (χ2n) is 6.68. The van der Waals surface area contributed by atoms with Gasteiger partial charge in [0.05, 0.1) is 18.5 Å². The number of halogens is 1. The number of allylic oxidation sites excluding steroid dienone is 2. The lowest BCUT2D eigenvalue weighted by molar-refractivity contribution is -0.384. The van der Waals surface area contributed by atoms with Crippen LogP contribution < -0.4 is 9.47 Å². The molecular weight excluding hydrogens is 413 g/mol. The molecule has 3 aromatic carbocycles. The summed E-state index contributed by atoms with van der Waals surface area (Å²) in [5.41, 5.74) is 2.17. The molecule has 0 unspecified atom stereocenters. The summed E-state index contributed by atoms with van der Waals surface area (Å²) in [4.78, 5) is 22.2. The zero-order valence-electron chi connectivity index (χ0n) is 17.2. The van der Waals surface area contributed by atoms with E-state index in [4.69, 9.17) is 9.47 Å². The van der Waals surface area contributed by atoms with Crippen LogP contribution in [0, 0.1) is 15.9 Å². The molecule has 0 saturated heterocycles. The first-order chi connectivity index (χ1) is 15.5. The number of nitro benzene ring substituents is 1. The van der Waals surface area contributed by atoms with E-state index in [0.29, 0.717) is 11.3 Å². The molecule has 0 atom stereocenters. The molecule has 0 aliphatic carbocycles. The molecule has 0 spiro atoms. The smallest absolute Gasteiger partial charge is 0.315 e. The van der Waals surface area contributed by atoms with Crippen LogP contribution in [0.2, 0.25) is 0 Å². The van der Waals surface area contributed by atoms with Crippen molar-refractivity contribution >= 4 is 17.2 Å². The molecule has 0 heterocycles. The van der Waals surface area contributed by atoms with Crippen molar-refractivity contribution in [2.75, 3.05) is 7.11 Å². The third kappa shape index (κ3) is 6.12. The minimum absolute atomic E-state index is 0.0119. The predicted molar refractivity (Wildman–Crippen MR) is 119 cm³/mol. The van der Waals surface area contributed by atoms with Crippen LogP contribution in [-0.2, 0) is 4.79 Å². The van der Waals surface area contributed by atoms with Gasteiger partial charge in [0, 0.05) is 12.1 Å². The normalized spacial score (nSPS) is 11.4. The predicted octanol–water partition coefficient (Wildman–Crippen LogP) is 5.73. The molecule has 0 N–H and O–H groups in total. The second-order valence-corrected chi connectivity index (χ2v) is 6.68. The van der Waals surface area contributed by atoms with Crippen LogP contribution in [0.5, 0.6) is 11.5 Å². The number of nitrogens with zero attached hydrogens (tertiary/aromatic N) is 1. The number of carbonyl (C=O) groups is 1. The first kappa shape index (κ1) is 22.4. The van der Waals surface area contributed by atoms with Gasteiger partial charge in [-0.25, -0.2) is 4.39 Å². The monoisotopic (exact) mass is 433 g/mol. The SMILES string of the molecule is COc1cccc(/C(=C\C=C\CC(=O)Oc2ccc([N+](=O)[O-])cc2)c2cccc(F)c2)c1. The van der Waals surface area contributed by atoms with Gasteiger partial charge in [-0.1, -0.05) is 42.5 Å². The number of methoxy groups -OCH3 is 1. The van der Waals surface area contributed by atoms with E-state index in [0.717, 1.165) is 11.1 Å². The molecule has 0 bridgehead atoms. The van der Waals surface area contributed by atoms with Crippen LogP contribution >= 0.6 is 0 Å². The Morgan fingerprint density at radius 2 is 1.69 bits per heavy atom. The maximum absolute atomic E-state index is 13.8. The molecule has 0 amide bonds. The van der Waals surface area contributed by atoms with Gasteiger partial charge in [-0.3, -0.25) is 14.9 Å². The lowest BCUT2D eigenvalue weighted by Gasteiger charge is -2.10. The van der Waals surface area contributed by atoms with Crippen LogP contribution in [0.15, 0.2) is 91.0 Å². The Morgan fingerprint density at radius 3 is 2.34 bits per heavy atom. The Kier molecular flexibility index (Phi) is 7.48. The van der Waals surface area contributed by atoms with E-state index in [1.165, 1.54) is 36.4 Å². The minimum Gasteiger partial charge on any atom is -0.497 e. The van der Waals surface area contributed by atoms with Crippen molar-refractivity contribution in [1.29, 1.82) is 0 Å². The number of nitro groups is 1. The first-order valence-corrected chi connectivity index (χ1v) is 9.68. The van der Waals surface area contributed by atoms with Crippen LogP contribution in [0.4, 0.5) is 10.1 Å². The van der Waals surface area contributed by atoms with E-state index in [2.05, 4.69) is 0 Å². The number of non-ortho nitro benzene ring substituents is 1. The van der Waals surface area contributed by atoms with Gasteiger partial charge < -0.3 is 9.47 Å². The van der Waals surface area contributed by atoms with E-state index in [1.54, 1.807) is 37.5 Å². The van der Waals surface area contributed by atoms with Crippen LogP contribution in [0.3, 0.4) is 0 Å². The molecule has 0 saturated carbocycles. The number of ether oxygens (including phenoxy) is 2. The van der Waals surface area contributed by atoms with Gasteiger partial charge in [0.15, 0.2) is 0 Å². The summed E-state index contributed by atoms with van der Waals surface area (Å²) in [6.07, 6.45) is 5.08. The van der Waals surface area contributed by atoms with E-state index in [-0.39, 0.29) is 23.7 Å². The molecule has 0 aromatic heterocycles. The van der Waals surface area contributed by atoms with Crippen molar-refractivity contribution in [3.8, 4) is 11.5 Å². The van der Waals surface area contributed by atoms with Gasteiger partial charge >= 0.3 is 5.97 Å². The lowest BCUT2D eigenvalue weighted by atomic mass is 9.97. The lowest BCUT2D eigenvalue weighted by Crippen LogP contribution is -2.06. The van der Waals surface area contributed by atoms with E-state index in [9.17, 15) is 19.3 Å². The average Bonchev–Trinajstić information content (AvgIpc) is 2.79. The van der Waals surface area contributed by atoms with Crippen molar-refractivity contribution in [3.63, 3.8) is 0 Å². The van der Waals surface area contributed by atoms with Crippen molar-refractivity contribution in [1.82, 2.24) is 0 Å². The summed E-state index contributed by atoms with van der Waals surface area (Å²) in [5.74, 6) is 0.0194. The van der Waals surface area contributed by atoms with Crippen LogP contribution in [0.25, 0.3) is 5.57 Å². The molecule has 3 rings (SSSR count). The number of benzene rings is 3. The van der Waals surface area contributed by atoms with Crippen molar-refractivity contribution in [3.05, 3.63) is 118 Å². The maximum Gasteiger partial charge on any atom is 0.315 e. The summed E-state index contributed by atoms with van der Waals surface area (Å²) in [6.45, 7) is 0. The average molecular weight is 433 g/mol. The minimum atomic E-state index is -0.529. The molecule has 0 aliphatic heterocycles. The highest BCUT2D eigenvalue weighted by atomic mass is 19.1. The molecule has 162 valence electrons. The van der Waals surface area contributed by atoms with Gasteiger partial charge in [-0.2, -0.15) is 0 Å². The molecule has 0 aliphatic rings. The zero-order chi connectivity index (χ0) is 22.9. The third-order valence-electron chi connectivity index (χ3n) is 4.48. The summed E-state index contributed by atoms with van der Waals surface area (Å²) in [5, 5.41) is 10.7. The fourth-order valence-corrected chi connectivity index (χ4v) is 2.94. The molecule has 3 aromatic rings. The van der Waals surface area contributed by atoms with Gasteiger partial charge in [0.25, 0.3) is 5.69 Å². The van der Waals surface area contributed by atoms with E-state index < -0.39 is 10.9 Å². The first-order valence-electron chi connectivity index (χ1n) is 9.68. The number of esters is 1. The Hall–Kier alpha value is -4.26. The highest BCUT2D eigenvalue weighted by Crippen LogP contribution is 2.27. The Balaban J connectivity index is 1.74. The third-order valence-corrected chi connectivity index (χ3v) is 4.48. The number of carbonyl (C=O) groups excluding carboxylic acids is 1. The maximum atomic E-state index is 13.8. The van der Waals surface area contributed by atoms with E-state index >= 15 is 0 Å². The second kappa shape index (κ2) is 10.7. The summed E-state index contributed by atoms with van der Waals surface area (Å²) >= 11 is 0. The fourth-order valence-electron chi connectivity index (χ4n) is 2.94. The van der Waals surface area contributed by atoms with Crippen LogP contribution in [0.1, 0.15) is 17.5 Å². The molecule has 0 fully saturated rings. The molecular formula is C25H20FNO5. The quantitative estimate of drug-likeness (QED) is 0.149. The van der Waals surface area contributed by atoms with Crippen LogP contribution in [-0.4, -0.2) is 18.0 Å². The number of hydrogen-bond donors (Lipinski definition) is 0. The van der Waals surface area contributed by atoms with Crippen molar-refractivity contribution < 1.29 is 23.6 Å². The summed E-state index contributed by atoms with van der Waals surface area (Å²) in [7, 11) is 1.57. The summed E-state index contributed by atoms with van der Waals surface area (Å²) < 4.78 is 24.2. The molecule has 7 heteroatoms. The Morgan fingerprint density at radius 1 is 1.00 bits per heavy atom. The topological polar surface area (TPSA) is 78.7 Å². The standard InChI is InChI=1S/C25H20FNO5/c1-31-23-9-5-7-19(17-23)24(18-6-4-8-20(26)16-18)10-2-3-11-25(28)32-22-14-12-21(13-15-22)27(29)30/h2-10,12-17H,11H2,1H3/b3-2+,24-10-. The molecule has 32 heavy (non-hydrogen) atoms. The van der Waals surface area contributed by atoms with Crippen molar-refractivity contribution in [2.24, 2.45) is 0 Å². The van der Waals surface area contributed by atoms with Gasteiger partial charge in [0.1, 0.15) is 17.3 Å². The molecule has 0 radical (unpaired) electrons. The molecule has 6 nitrogen and oxygen atoms in total. The largest absolute Gasteiger partial charge is 0.497 e. The number of hydrogen-bond acceptors (Lipinski definition) is 5. The fraction of sp³-hybridized carbons (Fsp3) is 0.0800. The number of rotatable bonds is 8.